The van der Waals surface area contributed by atoms with E-state index in [2.05, 4.69) is 66.4 Å². The van der Waals surface area contributed by atoms with Crippen molar-refractivity contribution in [1.29, 1.82) is 0 Å². The molecule has 0 fully saturated rings. The summed E-state index contributed by atoms with van der Waals surface area (Å²) in [6, 6.07) is 10.8. The number of anilines is 1. The van der Waals surface area contributed by atoms with E-state index in [1.165, 1.54) is 21.9 Å². The number of aliphatic imine (C=N–C) groups is 1. The highest BCUT2D eigenvalue weighted by atomic mass is 79.9. The lowest BCUT2D eigenvalue weighted by molar-refractivity contribution is 0.371. The zero-order valence-electron chi connectivity index (χ0n) is 17.2. The molecule has 2 aromatic rings. The largest absolute Gasteiger partial charge is 0.479 e. The van der Waals surface area contributed by atoms with Gasteiger partial charge in [0.1, 0.15) is 17.0 Å². The molecule has 1 aromatic carbocycles. The maximum Gasteiger partial charge on any atom is 0.241 e. The molecule has 2 heterocycles. The highest BCUT2D eigenvalue weighted by molar-refractivity contribution is 8.93. The van der Waals surface area contributed by atoms with Gasteiger partial charge in [-0.15, -0.1) is 17.0 Å². The van der Waals surface area contributed by atoms with E-state index >= 15 is 0 Å². The zero-order valence-corrected chi connectivity index (χ0v) is 19.8. The van der Waals surface area contributed by atoms with Gasteiger partial charge >= 0.3 is 0 Å². The van der Waals surface area contributed by atoms with E-state index in [9.17, 15) is 0 Å². The van der Waals surface area contributed by atoms with Gasteiger partial charge in [0.05, 0.1) is 23.8 Å². The number of hydrogen-bond acceptors (Lipinski definition) is 6. The molecule has 29 heavy (non-hydrogen) atoms. The first-order valence-electron chi connectivity index (χ1n) is 9.63. The number of hydrogen-bond donors (Lipinski definition) is 1. The summed E-state index contributed by atoms with van der Waals surface area (Å²) in [5.41, 5.74) is 4.71. The third kappa shape index (κ3) is 4.83. The van der Waals surface area contributed by atoms with E-state index in [1.54, 1.807) is 25.2 Å². The Labute approximate surface area is 187 Å². The number of methoxy groups -OCH3 is 1. The first-order chi connectivity index (χ1) is 13.4. The lowest BCUT2D eigenvalue weighted by Gasteiger charge is -2.37. The van der Waals surface area contributed by atoms with Crippen LogP contribution in [0.5, 0.6) is 5.88 Å². The van der Waals surface area contributed by atoms with Crippen LogP contribution in [0.25, 0.3) is 0 Å². The molecule has 5 nitrogen and oxygen atoms in total. The quantitative estimate of drug-likeness (QED) is 0.577. The van der Waals surface area contributed by atoms with Crippen molar-refractivity contribution in [3.63, 3.8) is 0 Å². The lowest BCUT2D eigenvalue weighted by atomic mass is 9.78. The van der Waals surface area contributed by atoms with Crippen molar-refractivity contribution >= 4 is 40.1 Å². The maximum atomic E-state index is 5.42. The van der Waals surface area contributed by atoms with Crippen LogP contribution >= 0.6 is 28.7 Å². The van der Waals surface area contributed by atoms with Gasteiger partial charge in [0, 0.05) is 5.70 Å². The lowest BCUT2D eigenvalue weighted by Crippen LogP contribution is -2.30. The normalized spacial score (nSPS) is 19.5. The fourth-order valence-corrected chi connectivity index (χ4v) is 4.89. The number of ether oxygens (including phenoxy) is 1. The number of allylic oxidation sites excluding steroid dienone is 2. The topological polar surface area (TPSA) is 59.4 Å². The SMILES string of the molecule is Br.COc1ncnc2c1NC1=C(S2)C(=NC(C)Cc2ccccc2)CC(C)(C)C1. The van der Waals surface area contributed by atoms with E-state index < -0.39 is 0 Å². The van der Waals surface area contributed by atoms with Crippen LogP contribution in [-0.2, 0) is 6.42 Å². The third-order valence-electron chi connectivity index (χ3n) is 5.03. The van der Waals surface area contributed by atoms with Crippen LogP contribution in [0.15, 0.2) is 57.3 Å². The van der Waals surface area contributed by atoms with Crippen molar-refractivity contribution in [2.24, 2.45) is 10.4 Å². The minimum absolute atomic E-state index is 0. The summed E-state index contributed by atoms with van der Waals surface area (Å²) in [6.45, 7) is 6.80. The van der Waals surface area contributed by atoms with Crippen LogP contribution in [0, 0.1) is 5.41 Å². The summed E-state index contributed by atoms with van der Waals surface area (Å²) in [6.07, 6.45) is 4.44. The van der Waals surface area contributed by atoms with Gasteiger partial charge in [0.15, 0.2) is 0 Å². The molecular weight excluding hydrogens is 448 g/mol. The van der Waals surface area contributed by atoms with Crippen LogP contribution in [0.3, 0.4) is 0 Å². The number of fused-ring (bicyclic) bond motifs is 1. The molecule has 7 heteroatoms. The van der Waals surface area contributed by atoms with Crippen molar-refractivity contribution in [2.75, 3.05) is 12.4 Å². The molecule has 1 aliphatic heterocycles. The summed E-state index contributed by atoms with van der Waals surface area (Å²) in [5, 5.41) is 4.45. The summed E-state index contributed by atoms with van der Waals surface area (Å²) in [5.74, 6) is 0.586. The molecule has 1 atom stereocenters. The Morgan fingerprint density at radius 1 is 1.21 bits per heavy atom. The summed E-state index contributed by atoms with van der Waals surface area (Å²) in [7, 11) is 1.64. The second kappa shape index (κ2) is 8.88. The Balaban J connectivity index is 0.00000240. The van der Waals surface area contributed by atoms with Crippen LogP contribution < -0.4 is 10.1 Å². The molecule has 0 bridgehead atoms. The van der Waals surface area contributed by atoms with Gasteiger partial charge in [0.25, 0.3) is 0 Å². The average Bonchev–Trinajstić information content (AvgIpc) is 2.66. The highest BCUT2D eigenvalue weighted by Crippen LogP contribution is 2.49. The van der Waals surface area contributed by atoms with Gasteiger partial charge in [0.2, 0.25) is 5.88 Å². The minimum Gasteiger partial charge on any atom is -0.479 e. The van der Waals surface area contributed by atoms with Crippen LogP contribution in [-0.4, -0.2) is 28.8 Å². The molecule has 2 aliphatic rings. The van der Waals surface area contributed by atoms with Crippen LogP contribution in [0.1, 0.15) is 39.2 Å². The molecule has 154 valence electrons. The maximum absolute atomic E-state index is 5.42. The molecular formula is C22H27BrN4OS. The van der Waals surface area contributed by atoms with E-state index in [1.807, 2.05) is 0 Å². The number of nitrogens with zero attached hydrogens (tertiary/aromatic N) is 3. The molecule has 1 aliphatic carbocycles. The standard InChI is InChI=1S/C22H26N4OS.BrH/c1-14(10-15-8-6-5-7-9-15)25-16-11-22(2,3)12-17-19(16)28-21-18(26-17)20(27-4)23-13-24-21;/h5-9,13-14,26H,10-12H2,1-4H3;1H. The fourth-order valence-electron chi connectivity index (χ4n) is 3.86. The van der Waals surface area contributed by atoms with E-state index in [-0.39, 0.29) is 28.4 Å². The predicted molar refractivity (Wildman–Crippen MR) is 125 cm³/mol. The third-order valence-corrected chi connectivity index (χ3v) is 6.22. The summed E-state index contributed by atoms with van der Waals surface area (Å²) >= 11 is 1.68. The van der Waals surface area contributed by atoms with Crippen LogP contribution in [0.4, 0.5) is 5.69 Å². The zero-order chi connectivity index (χ0) is 19.7. The Morgan fingerprint density at radius 2 is 1.97 bits per heavy atom. The molecule has 1 unspecified atom stereocenters. The molecule has 1 aromatic heterocycles. The van der Waals surface area contributed by atoms with E-state index in [0.717, 1.165) is 30.0 Å². The summed E-state index contributed by atoms with van der Waals surface area (Å²) < 4.78 is 5.42. The number of rotatable bonds is 4. The predicted octanol–water partition coefficient (Wildman–Crippen LogP) is 5.68. The fraction of sp³-hybridized carbons (Fsp3) is 0.409. The van der Waals surface area contributed by atoms with Gasteiger partial charge in [-0.3, -0.25) is 4.99 Å². The monoisotopic (exact) mass is 474 g/mol. The van der Waals surface area contributed by atoms with Crippen molar-refractivity contribution < 1.29 is 4.74 Å². The first kappa shape index (κ1) is 21.8. The van der Waals surface area contributed by atoms with Crippen molar-refractivity contribution in [3.05, 3.63) is 52.8 Å². The van der Waals surface area contributed by atoms with Crippen LogP contribution in [0.2, 0.25) is 0 Å². The van der Waals surface area contributed by atoms with Gasteiger partial charge < -0.3 is 10.1 Å². The van der Waals surface area contributed by atoms with Gasteiger partial charge in [-0.25, -0.2) is 4.98 Å². The smallest absolute Gasteiger partial charge is 0.241 e. The number of aromatic nitrogens is 2. The number of halogens is 1. The molecule has 4 rings (SSSR count). The molecule has 0 amide bonds. The first-order valence-corrected chi connectivity index (χ1v) is 10.4. The molecule has 0 saturated heterocycles. The number of benzene rings is 1. The molecule has 0 spiro atoms. The highest BCUT2D eigenvalue weighted by Gasteiger charge is 2.36. The van der Waals surface area contributed by atoms with Crippen molar-refractivity contribution in [1.82, 2.24) is 9.97 Å². The Kier molecular flexibility index (Phi) is 6.69. The van der Waals surface area contributed by atoms with Gasteiger partial charge in [-0.2, -0.15) is 4.98 Å². The molecule has 0 radical (unpaired) electrons. The Morgan fingerprint density at radius 3 is 2.69 bits per heavy atom. The Hall–Kier alpha value is -1.86. The minimum atomic E-state index is 0. The number of nitrogens with one attached hydrogen (secondary N) is 1. The van der Waals surface area contributed by atoms with E-state index in [0.29, 0.717) is 5.88 Å². The van der Waals surface area contributed by atoms with Crippen molar-refractivity contribution in [3.8, 4) is 5.88 Å². The van der Waals surface area contributed by atoms with Gasteiger partial charge in [-0.1, -0.05) is 55.9 Å². The second-order valence-corrected chi connectivity index (χ2v) is 9.23. The van der Waals surface area contributed by atoms with E-state index in [4.69, 9.17) is 9.73 Å². The van der Waals surface area contributed by atoms with Crippen molar-refractivity contribution in [2.45, 2.75) is 51.1 Å². The number of thioether (sulfide) groups is 1. The second-order valence-electron chi connectivity index (χ2n) is 8.23. The van der Waals surface area contributed by atoms with Gasteiger partial charge in [-0.05, 0) is 37.2 Å². The Bertz CT molecular complexity index is 943. The summed E-state index contributed by atoms with van der Waals surface area (Å²) in [4.78, 5) is 15.1. The molecule has 1 N–H and O–H groups in total. The molecule has 0 saturated carbocycles. The average molecular weight is 475 g/mol.